The third-order valence-electron chi connectivity index (χ3n) is 6.08. The second-order valence-electron chi connectivity index (χ2n) is 8.24. The topological polar surface area (TPSA) is 49.4 Å². The SMILES string of the molecule is CC[C@@H](C(=O)NC1CCCC1)N(Cc1ccccc1C)C(=O)Cc1c(Cl)cccc1Cl. The molecule has 0 aliphatic heterocycles. The van der Waals surface area contributed by atoms with Crippen molar-refractivity contribution in [3.63, 3.8) is 0 Å². The maximum absolute atomic E-state index is 13.5. The summed E-state index contributed by atoms with van der Waals surface area (Å²) in [4.78, 5) is 28.4. The van der Waals surface area contributed by atoms with Crippen LogP contribution in [0.5, 0.6) is 0 Å². The summed E-state index contributed by atoms with van der Waals surface area (Å²) < 4.78 is 0. The molecule has 1 aliphatic carbocycles. The fourth-order valence-corrected chi connectivity index (χ4v) is 4.74. The summed E-state index contributed by atoms with van der Waals surface area (Å²) >= 11 is 12.6. The Hall–Kier alpha value is -2.04. The van der Waals surface area contributed by atoms with Crippen LogP contribution in [0.1, 0.15) is 55.7 Å². The number of rotatable bonds is 8. The Morgan fingerprint density at radius 1 is 1.06 bits per heavy atom. The van der Waals surface area contributed by atoms with Crippen molar-refractivity contribution < 1.29 is 9.59 Å². The number of nitrogens with one attached hydrogen (secondary N) is 1. The Labute approximate surface area is 194 Å². The van der Waals surface area contributed by atoms with E-state index in [1.54, 1.807) is 23.1 Å². The molecule has 0 unspecified atom stereocenters. The highest BCUT2D eigenvalue weighted by molar-refractivity contribution is 6.36. The number of hydrogen-bond acceptors (Lipinski definition) is 2. The van der Waals surface area contributed by atoms with E-state index < -0.39 is 6.04 Å². The summed E-state index contributed by atoms with van der Waals surface area (Å²) in [6.45, 7) is 4.33. The molecule has 1 atom stereocenters. The molecule has 1 saturated carbocycles. The van der Waals surface area contributed by atoms with Gasteiger partial charge in [-0.15, -0.1) is 0 Å². The molecule has 3 rings (SSSR count). The molecule has 2 aromatic rings. The first-order valence-corrected chi connectivity index (χ1v) is 11.7. The fourth-order valence-electron chi connectivity index (χ4n) is 4.21. The highest BCUT2D eigenvalue weighted by atomic mass is 35.5. The Balaban J connectivity index is 1.87. The zero-order valence-electron chi connectivity index (χ0n) is 18.2. The highest BCUT2D eigenvalue weighted by Crippen LogP contribution is 2.26. The van der Waals surface area contributed by atoms with Crippen molar-refractivity contribution in [1.29, 1.82) is 0 Å². The average molecular weight is 461 g/mol. The smallest absolute Gasteiger partial charge is 0.243 e. The number of nitrogens with zero attached hydrogens (tertiary/aromatic N) is 1. The number of amides is 2. The summed E-state index contributed by atoms with van der Waals surface area (Å²) in [6, 6.07) is 12.8. The average Bonchev–Trinajstić information content (AvgIpc) is 3.25. The molecule has 4 nitrogen and oxygen atoms in total. The Bertz CT molecular complexity index is 905. The normalized spacial score (nSPS) is 15.0. The number of halogens is 2. The lowest BCUT2D eigenvalue weighted by Crippen LogP contribution is -2.51. The number of hydrogen-bond donors (Lipinski definition) is 1. The molecule has 0 spiro atoms. The number of aryl methyl sites for hydroxylation is 1. The van der Waals surface area contributed by atoms with E-state index in [0.717, 1.165) is 36.8 Å². The molecule has 2 amide bonds. The Morgan fingerprint density at radius 2 is 1.71 bits per heavy atom. The van der Waals surface area contributed by atoms with E-state index >= 15 is 0 Å². The van der Waals surface area contributed by atoms with Crippen molar-refractivity contribution in [3.05, 3.63) is 69.2 Å². The molecular weight excluding hydrogens is 431 g/mol. The molecule has 1 aliphatic rings. The van der Waals surface area contributed by atoms with Crippen LogP contribution in [0.3, 0.4) is 0 Å². The summed E-state index contributed by atoms with van der Waals surface area (Å²) in [5, 5.41) is 4.08. The number of benzene rings is 2. The van der Waals surface area contributed by atoms with E-state index in [1.165, 1.54) is 0 Å². The third kappa shape index (κ3) is 6.02. The van der Waals surface area contributed by atoms with Crippen molar-refractivity contribution in [2.24, 2.45) is 0 Å². The van der Waals surface area contributed by atoms with Gasteiger partial charge in [-0.3, -0.25) is 9.59 Å². The predicted octanol–water partition coefficient (Wildman–Crippen LogP) is 5.71. The second-order valence-corrected chi connectivity index (χ2v) is 9.05. The van der Waals surface area contributed by atoms with E-state index in [0.29, 0.717) is 28.6 Å². The minimum atomic E-state index is -0.547. The van der Waals surface area contributed by atoms with Crippen molar-refractivity contribution >= 4 is 35.0 Å². The first-order valence-electron chi connectivity index (χ1n) is 11.0. The Kier molecular flexibility index (Phi) is 8.39. The largest absolute Gasteiger partial charge is 0.352 e. The molecule has 166 valence electrons. The quantitative estimate of drug-likeness (QED) is 0.548. The van der Waals surface area contributed by atoms with E-state index in [9.17, 15) is 9.59 Å². The van der Waals surface area contributed by atoms with Gasteiger partial charge in [0.1, 0.15) is 6.04 Å². The summed E-state index contributed by atoms with van der Waals surface area (Å²) in [5.41, 5.74) is 2.70. The van der Waals surface area contributed by atoms with Gasteiger partial charge in [0.15, 0.2) is 0 Å². The van der Waals surface area contributed by atoms with Gasteiger partial charge in [-0.25, -0.2) is 0 Å². The van der Waals surface area contributed by atoms with Crippen LogP contribution < -0.4 is 5.32 Å². The van der Waals surface area contributed by atoms with Gasteiger partial charge in [-0.2, -0.15) is 0 Å². The van der Waals surface area contributed by atoms with Crippen LogP contribution in [0.25, 0.3) is 0 Å². The number of carbonyl (C=O) groups excluding carboxylic acids is 2. The van der Waals surface area contributed by atoms with Gasteiger partial charge in [-0.1, -0.05) is 73.3 Å². The van der Waals surface area contributed by atoms with Gasteiger partial charge >= 0.3 is 0 Å². The molecule has 0 saturated heterocycles. The molecule has 31 heavy (non-hydrogen) atoms. The summed E-state index contributed by atoms with van der Waals surface area (Å²) in [5.74, 6) is -0.242. The molecule has 1 N–H and O–H groups in total. The van der Waals surface area contributed by atoms with Crippen LogP contribution in [0.15, 0.2) is 42.5 Å². The first kappa shape index (κ1) is 23.6. The van der Waals surface area contributed by atoms with Crippen molar-refractivity contribution in [1.82, 2.24) is 10.2 Å². The van der Waals surface area contributed by atoms with Crippen LogP contribution in [-0.4, -0.2) is 28.8 Å². The molecule has 0 heterocycles. The summed E-state index contributed by atoms with van der Waals surface area (Å²) in [7, 11) is 0. The standard InChI is InChI=1S/C25H30Cl2N2O2/c1-3-23(25(31)28-19-11-6-7-12-19)29(16-18-10-5-4-9-17(18)2)24(30)15-20-21(26)13-8-14-22(20)27/h4-5,8-10,13-14,19,23H,3,6-7,11-12,15-16H2,1-2H3,(H,28,31)/t23-/m0/s1. The summed E-state index contributed by atoms with van der Waals surface area (Å²) in [6.07, 6.45) is 4.87. The van der Waals surface area contributed by atoms with Gasteiger partial charge in [-0.05, 0) is 55.0 Å². The zero-order chi connectivity index (χ0) is 22.4. The van der Waals surface area contributed by atoms with Crippen LogP contribution in [-0.2, 0) is 22.6 Å². The van der Waals surface area contributed by atoms with Gasteiger partial charge in [0.05, 0.1) is 6.42 Å². The van der Waals surface area contributed by atoms with E-state index in [1.807, 2.05) is 38.1 Å². The second kappa shape index (κ2) is 11.0. The lowest BCUT2D eigenvalue weighted by molar-refractivity contribution is -0.141. The molecule has 2 aromatic carbocycles. The lowest BCUT2D eigenvalue weighted by Gasteiger charge is -2.32. The van der Waals surface area contributed by atoms with E-state index in [4.69, 9.17) is 23.2 Å². The number of carbonyl (C=O) groups is 2. The van der Waals surface area contributed by atoms with Crippen molar-refractivity contribution in [2.45, 2.75) is 71.0 Å². The van der Waals surface area contributed by atoms with Crippen LogP contribution in [0, 0.1) is 6.92 Å². The lowest BCUT2D eigenvalue weighted by atomic mass is 10.0. The fraction of sp³-hybridized carbons (Fsp3) is 0.440. The highest BCUT2D eigenvalue weighted by Gasteiger charge is 2.31. The van der Waals surface area contributed by atoms with Crippen LogP contribution >= 0.6 is 23.2 Å². The van der Waals surface area contributed by atoms with Gasteiger partial charge in [0, 0.05) is 22.6 Å². The van der Waals surface area contributed by atoms with E-state index in [2.05, 4.69) is 5.32 Å². The van der Waals surface area contributed by atoms with Crippen molar-refractivity contribution in [2.75, 3.05) is 0 Å². The van der Waals surface area contributed by atoms with Crippen LogP contribution in [0.4, 0.5) is 0 Å². The third-order valence-corrected chi connectivity index (χ3v) is 6.79. The van der Waals surface area contributed by atoms with E-state index in [-0.39, 0.29) is 24.3 Å². The molecule has 0 aromatic heterocycles. The van der Waals surface area contributed by atoms with Crippen molar-refractivity contribution in [3.8, 4) is 0 Å². The minimum Gasteiger partial charge on any atom is -0.352 e. The Morgan fingerprint density at radius 3 is 2.32 bits per heavy atom. The van der Waals surface area contributed by atoms with Gasteiger partial charge in [0.25, 0.3) is 0 Å². The maximum atomic E-state index is 13.5. The predicted molar refractivity (Wildman–Crippen MR) is 126 cm³/mol. The molecule has 0 radical (unpaired) electrons. The first-order chi connectivity index (χ1) is 14.9. The maximum Gasteiger partial charge on any atom is 0.243 e. The van der Waals surface area contributed by atoms with Crippen LogP contribution in [0.2, 0.25) is 10.0 Å². The molecule has 0 bridgehead atoms. The monoisotopic (exact) mass is 460 g/mol. The molecule has 6 heteroatoms. The molecular formula is C25H30Cl2N2O2. The van der Waals surface area contributed by atoms with Gasteiger partial charge in [0.2, 0.25) is 11.8 Å². The minimum absolute atomic E-state index is 0.0532. The van der Waals surface area contributed by atoms with Gasteiger partial charge < -0.3 is 10.2 Å². The molecule has 1 fully saturated rings. The zero-order valence-corrected chi connectivity index (χ0v) is 19.7.